The average Bonchev–Trinajstić information content (AvgIpc) is 3.07. The highest BCUT2D eigenvalue weighted by molar-refractivity contribution is 7.17. The largest absolute Gasteiger partial charge is 0.366 e. The van der Waals surface area contributed by atoms with Crippen LogP contribution in [0.2, 0.25) is 0 Å². The number of nitrogens with zero attached hydrogens (tertiary/aromatic N) is 4. The normalized spacial score (nSPS) is 19.0. The Hall–Kier alpha value is -2.52. The third-order valence-electron chi connectivity index (χ3n) is 4.81. The molecule has 1 fully saturated rings. The molecule has 3 rings (SSSR count). The highest BCUT2D eigenvalue weighted by Crippen LogP contribution is 2.30. The molecule has 29 heavy (non-hydrogen) atoms. The van der Waals surface area contributed by atoms with E-state index in [1.165, 1.54) is 16.3 Å². The lowest BCUT2D eigenvalue weighted by molar-refractivity contribution is -0.186. The summed E-state index contributed by atoms with van der Waals surface area (Å²) in [6, 6.07) is 1.77. The summed E-state index contributed by atoms with van der Waals surface area (Å²) in [6.07, 6.45) is 0. The smallest absolute Gasteiger partial charge is 0.270 e. The second-order valence-corrected chi connectivity index (χ2v) is 9.39. The van der Waals surface area contributed by atoms with Gasteiger partial charge in [0.05, 0.1) is 22.4 Å². The molecule has 0 unspecified atom stereocenters. The summed E-state index contributed by atoms with van der Waals surface area (Å²) in [6.45, 7) is 16.0. The van der Waals surface area contributed by atoms with Gasteiger partial charge in [-0.25, -0.2) is 9.99 Å². The van der Waals surface area contributed by atoms with E-state index in [9.17, 15) is 9.59 Å². The molecule has 0 radical (unpaired) electrons. The summed E-state index contributed by atoms with van der Waals surface area (Å²) in [5.41, 5.74) is 0.485. The van der Waals surface area contributed by atoms with Crippen molar-refractivity contribution < 1.29 is 9.53 Å². The van der Waals surface area contributed by atoms with E-state index in [1.807, 2.05) is 33.1 Å². The van der Waals surface area contributed by atoms with E-state index in [4.69, 9.17) is 4.74 Å². The van der Waals surface area contributed by atoms with Crippen LogP contribution in [0.1, 0.15) is 41.5 Å². The lowest BCUT2D eigenvalue weighted by Crippen LogP contribution is -2.58. The van der Waals surface area contributed by atoms with Crippen molar-refractivity contribution in [1.29, 1.82) is 0 Å². The van der Waals surface area contributed by atoms with E-state index in [1.54, 1.807) is 24.8 Å². The number of hydrogen-bond acceptors (Lipinski definition) is 7. The first-order chi connectivity index (χ1) is 13.4. The van der Waals surface area contributed by atoms with Gasteiger partial charge in [0.2, 0.25) is 5.95 Å². The summed E-state index contributed by atoms with van der Waals surface area (Å²) in [4.78, 5) is 34.5. The Morgan fingerprint density at radius 2 is 1.93 bits per heavy atom. The Labute approximate surface area is 173 Å². The van der Waals surface area contributed by atoms with Crippen LogP contribution in [0.5, 0.6) is 0 Å². The van der Waals surface area contributed by atoms with Crippen molar-refractivity contribution in [2.45, 2.75) is 52.7 Å². The van der Waals surface area contributed by atoms with Crippen molar-refractivity contribution in [3.05, 3.63) is 33.1 Å². The summed E-state index contributed by atoms with van der Waals surface area (Å²) in [5.74, 6) is 0.114. The van der Waals surface area contributed by atoms with Crippen molar-refractivity contribution in [2.75, 3.05) is 18.1 Å². The second kappa shape index (κ2) is 7.38. The topological polar surface area (TPSA) is 90.9 Å². The van der Waals surface area contributed by atoms with Gasteiger partial charge in [-0.15, -0.1) is 11.3 Å². The second-order valence-electron chi connectivity index (χ2n) is 8.47. The van der Waals surface area contributed by atoms with Crippen molar-refractivity contribution in [3.63, 3.8) is 0 Å². The molecule has 1 amide bonds. The van der Waals surface area contributed by atoms with Crippen LogP contribution in [0.15, 0.2) is 32.6 Å². The quantitative estimate of drug-likeness (QED) is 0.469. The molecule has 2 aromatic heterocycles. The van der Waals surface area contributed by atoms with E-state index in [-0.39, 0.29) is 17.4 Å². The Bertz CT molecular complexity index is 1030. The number of morpholine rings is 1. The zero-order valence-corrected chi connectivity index (χ0v) is 18.5. The van der Waals surface area contributed by atoms with Crippen LogP contribution in [-0.2, 0) is 9.53 Å². The number of aromatic amines is 1. The number of hydrazone groups is 1. The van der Waals surface area contributed by atoms with Gasteiger partial charge in [-0.05, 0) is 53.0 Å². The standard InChI is InChI=1S/C20H27N5O3S/c1-12(17(27)24-10-19(3,4)28-20(5,6)11-24)13(2)25(21-7)18-22-14-8-9-29-15(14)16(26)23-18/h8-9H,7,10-11H2,1-6H3,(H,22,23,26)/b13-12+. The van der Waals surface area contributed by atoms with Crippen LogP contribution in [-0.4, -0.2) is 51.8 Å². The van der Waals surface area contributed by atoms with E-state index < -0.39 is 11.2 Å². The lowest BCUT2D eigenvalue weighted by Gasteiger charge is -2.47. The molecule has 0 atom stereocenters. The fraction of sp³-hybridized carbons (Fsp3) is 0.500. The SMILES string of the molecule is C=NN(/C(C)=C(\C)C(=O)N1CC(C)(C)OC(C)(C)C1)c1nc2ccsc2c(=O)[nH]1. The molecule has 156 valence electrons. The first-order valence-corrected chi connectivity index (χ1v) is 10.2. The predicted molar refractivity (Wildman–Crippen MR) is 116 cm³/mol. The molecule has 9 heteroatoms. The molecule has 0 bridgehead atoms. The summed E-state index contributed by atoms with van der Waals surface area (Å²) < 4.78 is 6.61. The molecule has 8 nitrogen and oxygen atoms in total. The number of nitrogens with one attached hydrogen (secondary N) is 1. The number of anilines is 1. The fourth-order valence-electron chi connectivity index (χ4n) is 3.78. The number of thiophene rings is 1. The number of ether oxygens (including phenoxy) is 1. The molecule has 2 aromatic rings. The number of carbonyl (C=O) groups is 1. The molecular formula is C20H27N5O3S. The molecular weight excluding hydrogens is 390 g/mol. The van der Waals surface area contributed by atoms with Gasteiger partial charge < -0.3 is 9.64 Å². The van der Waals surface area contributed by atoms with Crippen LogP contribution >= 0.6 is 11.3 Å². The van der Waals surface area contributed by atoms with E-state index in [0.717, 1.165) is 0 Å². The van der Waals surface area contributed by atoms with Crippen LogP contribution in [0.4, 0.5) is 5.95 Å². The number of aromatic nitrogens is 2. The van der Waals surface area contributed by atoms with Gasteiger partial charge in [0.15, 0.2) is 0 Å². The molecule has 0 aliphatic carbocycles. The zero-order chi connectivity index (χ0) is 21.6. The van der Waals surface area contributed by atoms with Crippen molar-refractivity contribution in [2.24, 2.45) is 5.10 Å². The zero-order valence-electron chi connectivity index (χ0n) is 17.7. The number of hydrogen-bond donors (Lipinski definition) is 1. The van der Waals surface area contributed by atoms with Crippen LogP contribution in [0.25, 0.3) is 10.2 Å². The van der Waals surface area contributed by atoms with Gasteiger partial charge in [-0.2, -0.15) is 5.10 Å². The number of fused-ring (bicyclic) bond motifs is 1. The van der Waals surface area contributed by atoms with Gasteiger partial charge in [0.25, 0.3) is 11.5 Å². The predicted octanol–water partition coefficient (Wildman–Crippen LogP) is 3.12. The molecule has 3 heterocycles. The molecule has 1 aliphatic heterocycles. The Morgan fingerprint density at radius 1 is 1.31 bits per heavy atom. The van der Waals surface area contributed by atoms with Crippen molar-refractivity contribution in [1.82, 2.24) is 14.9 Å². The van der Waals surface area contributed by atoms with Gasteiger partial charge in [0, 0.05) is 25.4 Å². The van der Waals surface area contributed by atoms with Gasteiger partial charge >= 0.3 is 0 Å². The van der Waals surface area contributed by atoms with Crippen LogP contribution in [0, 0.1) is 0 Å². The number of H-pyrrole nitrogens is 1. The van der Waals surface area contributed by atoms with Gasteiger partial charge in [0.1, 0.15) is 4.70 Å². The highest BCUT2D eigenvalue weighted by Gasteiger charge is 2.40. The molecule has 1 N–H and O–H groups in total. The van der Waals surface area contributed by atoms with Crippen LogP contribution < -0.4 is 10.6 Å². The maximum absolute atomic E-state index is 13.2. The maximum atomic E-state index is 13.2. The van der Waals surface area contributed by atoms with E-state index in [0.29, 0.717) is 34.6 Å². The van der Waals surface area contributed by atoms with Gasteiger partial charge in [-0.3, -0.25) is 14.6 Å². The number of amides is 1. The van der Waals surface area contributed by atoms with Crippen molar-refractivity contribution in [3.8, 4) is 0 Å². The monoisotopic (exact) mass is 417 g/mol. The number of allylic oxidation sites excluding steroid dienone is 1. The fourth-order valence-corrected chi connectivity index (χ4v) is 4.50. The third kappa shape index (κ3) is 4.25. The minimum Gasteiger partial charge on any atom is -0.366 e. The van der Waals surface area contributed by atoms with Crippen molar-refractivity contribution >= 4 is 40.1 Å². The molecule has 1 saturated heterocycles. The lowest BCUT2D eigenvalue weighted by atomic mass is 9.98. The summed E-state index contributed by atoms with van der Waals surface area (Å²) in [5, 5.41) is 7.20. The maximum Gasteiger partial charge on any atom is 0.270 e. The Morgan fingerprint density at radius 3 is 2.52 bits per heavy atom. The summed E-state index contributed by atoms with van der Waals surface area (Å²) >= 11 is 1.32. The third-order valence-corrected chi connectivity index (χ3v) is 5.71. The molecule has 0 spiro atoms. The summed E-state index contributed by atoms with van der Waals surface area (Å²) in [7, 11) is 0. The van der Waals surface area contributed by atoms with Crippen LogP contribution in [0.3, 0.4) is 0 Å². The van der Waals surface area contributed by atoms with E-state index >= 15 is 0 Å². The minimum absolute atomic E-state index is 0.112. The number of carbonyl (C=O) groups excluding carboxylic acids is 1. The Kier molecular flexibility index (Phi) is 5.40. The first kappa shape index (κ1) is 21.2. The molecule has 0 saturated carbocycles. The van der Waals surface area contributed by atoms with E-state index in [2.05, 4.69) is 21.8 Å². The minimum atomic E-state index is -0.446. The Balaban J connectivity index is 1.96. The van der Waals surface area contributed by atoms with Gasteiger partial charge in [-0.1, -0.05) is 0 Å². The average molecular weight is 418 g/mol. The first-order valence-electron chi connectivity index (χ1n) is 9.35. The molecule has 1 aliphatic rings. The number of rotatable bonds is 4. The molecule has 0 aromatic carbocycles. The highest BCUT2D eigenvalue weighted by atomic mass is 32.1.